The number of carbonyl (C=O) groups excluding carboxylic acids is 2. The highest BCUT2D eigenvalue weighted by molar-refractivity contribution is 5.88. The molecule has 0 aliphatic carbocycles. The molecule has 0 saturated carbocycles. The van der Waals surface area contributed by atoms with Gasteiger partial charge in [0, 0.05) is 6.54 Å². The standard InChI is InChI=1S/C13H22N2O3/c1-2-18-13(17)11-7-3-4-9-15(11)12(16)10-6-5-8-14-10/h10-11,14H,2-9H2,1H3/t10-,11?/m0/s1. The molecule has 102 valence electrons. The monoisotopic (exact) mass is 254 g/mol. The minimum absolute atomic E-state index is 0.0743. The first kappa shape index (κ1) is 13.3. The average Bonchev–Trinajstić information content (AvgIpc) is 2.92. The van der Waals surface area contributed by atoms with Crippen LogP contribution < -0.4 is 5.32 Å². The fraction of sp³-hybridized carbons (Fsp3) is 0.846. The van der Waals surface area contributed by atoms with Gasteiger partial charge in [-0.3, -0.25) is 4.79 Å². The van der Waals surface area contributed by atoms with Crippen LogP contribution in [-0.2, 0) is 14.3 Å². The van der Waals surface area contributed by atoms with E-state index in [1.165, 1.54) is 0 Å². The van der Waals surface area contributed by atoms with Crippen LogP contribution in [0.25, 0.3) is 0 Å². The second kappa shape index (κ2) is 6.18. The van der Waals surface area contributed by atoms with E-state index in [1.54, 1.807) is 11.8 Å². The third kappa shape index (κ3) is 2.83. The number of carbonyl (C=O) groups is 2. The largest absolute Gasteiger partial charge is 0.464 e. The smallest absolute Gasteiger partial charge is 0.328 e. The Bertz CT molecular complexity index is 313. The van der Waals surface area contributed by atoms with Gasteiger partial charge in [0.2, 0.25) is 5.91 Å². The molecular formula is C13H22N2O3. The van der Waals surface area contributed by atoms with Gasteiger partial charge in [0.25, 0.3) is 0 Å². The summed E-state index contributed by atoms with van der Waals surface area (Å²) in [5, 5.41) is 3.20. The van der Waals surface area contributed by atoms with Crippen LogP contribution >= 0.6 is 0 Å². The number of rotatable bonds is 3. The molecule has 2 atom stereocenters. The Balaban J connectivity index is 2.02. The first-order chi connectivity index (χ1) is 8.74. The van der Waals surface area contributed by atoms with Crippen LogP contribution in [0.4, 0.5) is 0 Å². The van der Waals surface area contributed by atoms with Gasteiger partial charge in [0.05, 0.1) is 12.6 Å². The molecule has 1 amide bonds. The number of nitrogens with zero attached hydrogens (tertiary/aromatic N) is 1. The van der Waals surface area contributed by atoms with Gasteiger partial charge >= 0.3 is 5.97 Å². The molecule has 0 aromatic heterocycles. The molecule has 18 heavy (non-hydrogen) atoms. The van der Waals surface area contributed by atoms with Crippen LogP contribution in [0, 0.1) is 0 Å². The van der Waals surface area contributed by atoms with Gasteiger partial charge in [-0.05, 0) is 45.6 Å². The van der Waals surface area contributed by atoms with Crippen molar-refractivity contribution in [3.05, 3.63) is 0 Å². The van der Waals surface area contributed by atoms with Crippen molar-refractivity contribution in [1.29, 1.82) is 0 Å². The van der Waals surface area contributed by atoms with Crippen molar-refractivity contribution in [2.45, 2.75) is 51.1 Å². The van der Waals surface area contributed by atoms with E-state index in [4.69, 9.17) is 4.74 Å². The average molecular weight is 254 g/mol. The van der Waals surface area contributed by atoms with E-state index < -0.39 is 0 Å². The van der Waals surface area contributed by atoms with Crippen molar-refractivity contribution in [3.63, 3.8) is 0 Å². The maximum atomic E-state index is 12.4. The molecule has 0 radical (unpaired) electrons. The third-order valence-corrected chi connectivity index (χ3v) is 3.70. The molecule has 2 aliphatic heterocycles. The normalized spacial score (nSPS) is 28.2. The molecule has 1 unspecified atom stereocenters. The molecule has 2 heterocycles. The number of nitrogens with one attached hydrogen (secondary N) is 1. The van der Waals surface area contributed by atoms with Crippen molar-refractivity contribution in [2.75, 3.05) is 19.7 Å². The highest BCUT2D eigenvalue weighted by atomic mass is 16.5. The molecule has 0 aromatic rings. The van der Waals surface area contributed by atoms with Gasteiger partial charge in [-0.1, -0.05) is 0 Å². The van der Waals surface area contributed by atoms with Crippen LogP contribution in [-0.4, -0.2) is 48.6 Å². The van der Waals surface area contributed by atoms with E-state index in [2.05, 4.69) is 5.32 Å². The molecule has 2 fully saturated rings. The maximum absolute atomic E-state index is 12.4. The van der Waals surface area contributed by atoms with Crippen LogP contribution in [0.2, 0.25) is 0 Å². The van der Waals surface area contributed by atoms with Gasteiger partial charge < -0.3 is 15.0 Å². The zero-order chi connectivity index (χ0) is 13.0. The van der Waals surface area contributed by atoms with E-state index in [-0.39, 0.29) is 24.0 Å². The lowest BCUT2D eigenvalue weighted by Gasteiger charge is -2.35. The molecule has 5 nitrogen and oxygen atoms in total. The van der Waals surface area contributed by atoms with E-state index in [0.717, 1.165) is 38.6 Å². The summed E-state index contributed by atoms with van der Waals surface area (Å²) in [6, 6.07) is -0.464. The Morgan fingerprint density at radius 2 is 2.11 bits per heavy atom. The Morgan fingerprint density at radius 3 is 2.78 bits per heavy atom. The SMILES string of the molecule is CCOC(=O)C1CCCCN1C(=O)[C@@H]1CCCN1. The lowest BCUT2D eigenvalue weighted by Crippen LogP contribution is -2.53. The lowest BCUT2D eigenvalue weighted by atomic mass is 10.0. The molecule has 2 saturated heterocycles. The van der Waals surface area contributed by atoms with E-state index in [1.807, 2.05) is 0 Å². The highest BCUT2D eigenvalue weighted by Crippen LogP contribution is 2.21. The number of esters is 1. The zero-order valence-electron chi connectivity index (χ0n) is 11.0. The fourth-order valence-corrected chi connectivity index (χ4v) is 2.77. The number of likely N-dealkylation sites (tertiary alicyclic amines) is 1. The van der Waals surface area contributed by atoms with Gasteiger partial charge in [-0.25, -0.2) is 4.79 Å². The Labute approximate surface area is 108 Å². The summed E-state index contributed by atoms with van der Waals surface area (Å²) in [5.74, 6) is -0.172. The first-order valence-electron chi connectivity index (χ1n) is 6.94. The molecule has 0 spiro atoms. The molecule has 2 rings (SSSR count). The van der Waals surface area contributed by atoms with Crippen LogP contribution in [0.15, 0.2) is 0 Å². The molecule has 1 N–H and O–H groups in total. The number of piperidine rings is 1. The van der Waals surface area contributed by atoms with Gasteiger partial charge in [-0.15, -0.1) is 0 Å². The van der Waals surface area contributed by atoms with Crippen LogP contribution in [0.5, 0.6) is 0 Å². The fourth-order valence-electron chi connectivity index (χ4n) is 2.77. The van der Waals surface area contributed by atoms with Gasteiger partial charge in [0.1, 0.15) is 6.04 Å². The van der Waals surface area contributed by atoms with E-state index >= 15 is 0 Å². The summed E-state index contributed by atoms with van der Waals surface area (Å²) in [5.41, 5.74) is 0. The van der Waals surface area contributed by atoms with Crippen molar-refractivity contribution in [2.24, 2.45) is 0 Å². The van der Waals surface area contributed by atoms with Crippen molar-refractivity contribution in [1.82, 2.24) is 10.2 Å². The summed E-state index contributed by atoms with van der Waals surface area (Å²) in [6.07, 6.45) is 4.62. The topological polar surface area (TPSA) is 58.6 Å². The Kier molecular flexibility index (Phi) is 4.58. The summed E-state index contributed by atoms with van der Waals surface area (Å²) < 4.78 is 5.07. The Hall–Kier alpha value is -1.10. The molecule has 2 aliphatic rings. The number of hydrogen-bond acceptors (Lipinski definition) is 4. The number of hydrogen-bond donors (Lipinski definition) is 1. The van der Waals surface area contributed by atoms with Crippen molar-refractivity contribution < 1.29 is 14.3 Å². The predicted molar refractivity (Wildman–Crippen MR) is 67.0 cm³/mol. The maximum Gasteiger partial charge on any atom is 0.328 e. The van der Waals surface area contributed by atoms with E-state index in [0.29, 0.717) is 13.2 Å². The molecule has 0 aromatic carbocycles. The molecule has 0 bridgehead atoms. The van der Waals surface area contributed by atoms with Crippen LogP contribution in [0.1, 0.15) is 39.0 Å². The third-order valence-electron chi connectivity index (χ3n) is 3.70. The number of ether oxygens (including phenoxy) is 1. The minimum Gasteiger partial charge on any atom is -0.464 e. The summed E-state index contributed by atoms with van der Waals surface area (Å²) >= 11 is 0. The summed E-state index contributed by atoms with van der Waals surface area (Å²) in [7, 11) is 0. The van der Waals surface area contributed by atoms with Gasteiger partial charge in [-0.2, -0.15) is 0 Å². The van der Waals surface area contributed by atoms with Crippen LogP contribution in [0.3, 0.4) is 0 Å². The molecular weight excluding hydrogens is 232 g/mol. The lowest BCUT2D eigenvalue weighted by molar-refractivity contribution is -0.157. The Morgan fingerprint density at radius 1 is 1.28 bits per heavy atom. The van der Waals surface area contributed by atoms with E-state index in [9.17, 15) is 9.59 Å². The first-order valence-corrected chi connectivity index (χ1v) is 6.94. The van der Waals surface area contributed by atoms with Gasteiger partial charge in [0.15, 0.2) is 0 Å². The molecule has 5 heteroatoms. The number of amides is 1. The minimum atomic E-state index is -0.367. The summed E-state index contributed by atoms with van der Waals surface area (Å²) in [4.78, 5) is 26.0. The van der Waals surface area contributed by atoms with Crippen molar-refractivity contribution >= 4 is 11.9 Å². The summed E-state index contributed by atoms with van der Waals surface area (Å²) in [6.45, 7) is 3.75. The highest BCUT2D eigenvalue weighted by Gasteiger charge is 2.36. The second-order valence-electron chi connectivity index (χ2n) is 4.94. The predicted octanol–water partition coefficient (Wildman–Crippen LogP) is 0.683. The second-order valence-corrected chi connectivity index (χ2v) is 4.94. The quantitative estimate of drug-likeness (QED) is 0.753. The van der Waals surface area contributed by atoms with Crippen molar-refractivity contribution in [3.8, 4) is 0 Å². The zero-order valence-corrected chi connectivity index (χ0v) is 11.0.